The van der Waals surface area contributed by atoms with E-state index < -0.39 is 4.92 Å². The second-order valence-corrected chi connectivity index (χ2v) is 13.4. The van der Waals surface area contributed by atoms with Crippen molar-refractivity contribution in [3.8, 4) is 0 Å². The number of hydrogen-bond donors (Lipinski definition) is 3. The number of non-ortho nitro benzene ring substituents is 1. The fourth-order valence-electron chi connectivity index (χ4n) is 3.56. The summed E-state index contributed by atoms with van der Waals surface area (Å²) in [7, 11) is -0.227. The molecule has 3 rings (SSSR count). The van der Waals surface area contributed by atoms with Crippen molar-refractivity contribution < 1.29 is 4.92 Å². The van der Waals surface area contributed by atoms with Crippen molar-refractivity contribution in [2.75, 3.05) is 35.7 Å². The van der Waals surface area contributed by atoms with Crippen LogP contribution in [0.3, 0.4) is 0 Å². The third-order valence-electron chi connectivity index (χ3n) is 5.17. The fraction of sp³-hybridized carbons (Fsp3) is 0.350. The Balaban J connectivity index is 1.84. The SMILES string of the molecule is CSC1CC(SC)(SC)c2cc(NC(=S)Nc3cccc([N+](=O)[O-])c3)ccc2[SH]1C. The van der Waals surface area contributed by atoms with Crippen LogP contribution in [0.1, 0.15) is 12.0 Å². The summed E-state index contributed by atoms with van der Waals surface area (Å²) in [6.07, 6.45) is 10.1. The van der Waals surface area contributed by atoms with E-state index in [-0.39, 0.29) is 20.7 Å². The predicted molar refractivity (Wildman–Crippen MR) is 143 cm³/mol. The fourth-order valence-corrected chi connectivity index (χ4v) is 10.3. The molecule has 0 aliphatic carbocycles. The van der Waals surface area contributed by atoms with Gasteiger partial charge in [-0.05, 0) is 78.4 Å². The molecule has 2 atom stereocenters. The molecule has 1 aliphatic rings. The second-order valence-electron chi connectivity index (χ2n) is 6.79. The molecule has 0 fully saturated rings. The third kappa shape index (κ3) is 4.88. The summed E-state index contributed by atoms with van der Waals surface area (Å²) in [5.74, 6) is 0. The number of anilines is 2. The molecule has 2 unspecified atom stereocenters. The molecule has 30 heavy (non-hydrogen) atoms. The highest BCUT2D eigenvalue weighted by atomic mass is 32.2. The number of benzene rings is 2. The minimum absolute atomic E-state index is 0.0287. The summed E-state index contributed by atoms with van der Waals surface area (Å²) in [5, 5.41) is 17.7. The first-order valence-electron chi connectivity index (χ1n) is 9.16. The van der Waals surface area contributed by atoms with Gasteiger partial charge in [-0.15, -0.1) is 23.5 Å². The number of nitro benzene ring substituents is 1. The van der Waals surface area contributed by atoms with Gasteiger partial charge in [-0.3, -0.25) is 10.1 Å². The van der Waals surface area contributed by atoms with Crippen LogP contribution in [0.25, 0.3) is 0 Å². The molecular formula is C20H25N3O2S5. The Hall–Kier alpha value is -1.07. The minimum Gasteiger partial charge on any atom is -0.332 e. The Bertz CT molecular complexity index is 952. The smallest absolute Gasteiger partial charge is 0.271 e. The van der Waals surface area contributed by atoms with Gasteiger partial charge in [0, 0.05) is 28.1 Å². The van der Waals surface area contributed by atoms with Crippen molar-refractivity contribution in [1.29, 1.82) is 0 Å². The molecule has 0 saturated carbocycles. The molecule has 0 saturated heterocycles. The van der Waals surface area contributed by atoms with Gasteiger partial charge in [-0.25, -0.2) is 10.9 Å². The van der Waals surface area contributed by atoms with Crippen LogP contribution in [-0.2, 0) is 4.08 Å². The van der Waals surface area contributed by atoms with E-state index in [2.05, 4.69) is 53.9 Å². The van der Waals surface area contributed by atoms with Crippen molar-refractivity contribution in [3.05, 3.63) is 58.1 Å². The zero-order valence-electron chi connectivity index (χ0n) is 17.2. The van der Waals surface area contributed by atoms with Gasteiger partial charge in [0.25, 0.3) is 5.69 Å². The number of nitrogens with zero attached hydrogens (tertiary/aromatic N) is 1. The van der Waals surface area contributed by atoms with E-state index in [1.54, 1.807) is 12.1 Å². The number of nitrogens with one attached hydrogen (secondary N) is 2. The highest BCUT2D eigenvalue weighted by molar-refractivity contribution is 8.27. The highest BCUT2D eigenvalue weighted by Crippen LogP contribution is 2.62. The van der Waals surface area contributed by atoms with Crippen molar-refractivity contribution >= 4 is 80.6 Å². The molecular weight excluding hydrogens is 475 g/mol. The molecule has 0 amide bonds. The molecule has 5 nitrogen and oxygen atoms in total. The molecule has 0 aromatic heterocycles. The molecule has 2 aromatic carbocycles. The topological polar surface area (TPSA) is 67.2 Å². The van der Waals surface area contributed by atoms with E-state index in [4.69, 9.17) is 12.2 Å². The lowest BCUT2D eigenvalue weighted by Gasteiger charge is -2.45. The normalized spacial score (nSPS) is 20.8. The Morgan fingerprint density at radius 1 is 1.17 bits per heavy atom. The highest BCUT2D eigenvalue weighted by Gasteiger charge is 2.41. The molecule has 1 aliphatic heterocycles. The van der Waals surface area contributed by atoms with Crippen molar-refractivity contribution in [1.82, 2.24) is 0 Å². The number of nitro groups is 1. The van der Waals surface area contributed by atoms with Crippen LogP contribution < -0.4 is 10.6 Å². The Morgan fingerprint density at radius 3 is 2.43 bits per heavy atom. The monoisotopic (exact) mass is 499 g/mol. The first kappa shape index (κ1) is 23.6. The average molecular weight is 500 g/mol. The van der Waals surface area contributed by atoms with E-state index in [9.17, 15) is 10.1 Å². The Kier molecular flexibility index (Phi) is 7.89. The number of thioether (sulfide) groups is 3. The van der Waals surface area contributed by atoms with Gasteiger partial charge < -0.3 is 10.6 Å². The standard InChI is InChI=1S/C20H25N3O2S5/c1-27-18-12-20(28-2,29-3)16-11-14(8-9-17(16)30(18)4)22-19(26)21-13-6-5-7-15(10-13)23(24)25/h5-11,18,30H,12H2,1-4H3,(H2,21,22,26). The van der Waals surface area contributed by atoms with Gasteiger partial charge in [0.15, 0.2) is 5.11 Å². The lowest BCUT2D eigenvalue weighted by molar-refractivity contribution is -0.384. The van der Waals surface area contributed by atoms with E-state index in [0.29, 0.717) is 15.4 Å². The number of thiocarbonyl (C=S) groups is 1. The zero-order valence-corrected chi connectivity index (χ0v) is 21.3. The molecule has 162 valence electrons. The molecule has 0 bridgehead atoms. The quantitative estimate of drug-likeness (QED) is 0.139. The third-order valence-corrected chi connectivity index (χ3v) is 13.0. The van der Waals surface area contributed by atoms with Crippen molar-refractivity contribution in [3.63, 3.8) is 0 Å². The minimum atomic E-state index is -0.416. The van der Waals surface area contributed by atoms with Crippen LogP contribution in [-0.4, -0.2) is 39.6 Å². The van der Waals surface area contributed by atoms with Gasteiger partial charge in [0.05, 0.1) is 9.00 Å². The maximum atomic E-state index is 11.0. The molecule has 0 spiro atoms. The number of fused-ring (bicyclic) bond motifs is 1. The molecule has 1 heterocycles. The van der Waals surface area contributed by atoms with Crippen LogP contribution in [0.2, 0.25) is 0 Å². The zero-order chi connectivity index (χ0) is 21.9. The van der Waals surface area contributed by atoms with E-state index in [1.807, 2.05) is 35.3 Å². The summed E-state index contributed by atoms with van der Waals surface area (Å²) in [5.41, 5.74) is 2.92. The largest absolute Gasteiger partial charge is 0.332 e. The van der Waals surface area contributed by atoms with Gasteiger partial charge in [0.1, 0.15) is 0 Å². The van der Waals surface area contributed by atoms with Gasteiger partial charge in [-0.2, -0.15) is 11.8 Å². The Labute approximate surface area is 198 Å². The van der Waals surface area contributed by atoms with Crippen LogP contribution in [0, 0.1) is 10.1 Å². The average Bonchev–Trinajstić information content (AvgIpc) is 2.74. The van der Waals surface area contributed by atoms with Crippen LogP contribution in [0.15, 0.2) is 47.4 Å². The molecule has 2 aromatic rings. The summed E-state index contributed by atoms with van der Waals surface area (Å²) in [6, 6.07) is 12.9. The maximum Gasteiger partial charge on any atom is 0.271 e. The van der Waals surface area contributed by atoms with Crippen molar-refractivity contribution in [2.24, 2.45) is 0 Å². The van der Waals surface area contributed by atoms with E-state index >= 15 is 0 Å². The van der Waals surface area contributed by atoms with Gasteiger partial charge >= 0.3 is 0 Å². The van der Waals surface area contributed by atoms with Crippen LogP contribution >= 0.6 is 58.4 Å². The first-order valence-corrected chi connectivity index (χ1v) is 15.2. The van der Waals surface area contributed by atoms with E-state index in [0.717, 1.165) is 12.1 Å². The number of hydrogen-bond acceptors (Lipinski definition) is 6. The molecule has 0 radical (unpaired) electrons. The maximum absolute atomic E-state index is 11.0. The van der Waals surface area contributed by atoms with Crippen LogP contribution in [0.5, 0.6) is 0 Å². The van der Waals surface area contributed by atoms with Gasteiger partial charge in [0.2, 0.25) is 0 Å². The van der Waals surface area contributed by atoms with Gasteiger partial charge in [-0.1, -0.05) is 6.07 Å². The van der Waals surface area contributed by atoms with E-state index in [1.165, 1.54) is 22.6 Å². The summed E-state index contributed by atoms with van der Waals surface area (Å²) < 4.78 is 0.688. The summed E-state index contributed by atoms with van der Waals surface area (Å²) >= 11 is 11.3. The first-order chi connectivity index (χ1) is 14.3. The second kappa shape index (κ2) is 10.0. The predicted octanol–water partition coefficient (Wildman–Crippen LogP) is 6.37. The van der Waals surface area contributed by atoms with Crippen LogP contribution in [0.4, 0.5) is 17.1 Å². The molecule has 2 N–H and O–H groups in total. The number of thiol groups is 1. The van der Waals surface area contributed by atoms with Crippen molar-refractivity contribution in [2.45, 2.75) is 20.0 Å². The molecule has 10 heteroatoms. The summed E-state index contributed by atoms with van der Waals surface area (Å²) in [6.45, 7) is 0. The lowest BCUT2D eigenvalue weighted by Crippen LogP contribution is -2.29. The summed E-state index contributed by atoms with van der Waals surface area (Å²) in [4.78, 5) is 12.0. The Morgan fingerprint density at radius 2 is 1.83 bits per heavy atom. The number of rotatable bonds is 6. The lowest BCUT2D eigenvalue weighted by atomic mass is 10.1.